The molecule has 1 amide bonds. The Bertz CT molecular complexity index is 935. The molecule has 142 valence electrons. The number of carboxylic acids is 1. The van der Waals surface area contributed by atoms with Gasteiger partial charge >= 0.3 is 5.97 Å². The Morgan fingerprint density at radius 3 is 2.41 bits per heavy atom. The van der Waals surface area contributed by atoms with Crippen molar-refractivity contribution < 1.29 is 28.3 Å². The highest BCUT2D eigenvalue weighted by Crippen LogP contribution is 2.42. The standard InChI is InChI=1S/C18H16F2N2O4S/c1-7(21)16(24)22-17-13(9-5-8(18(25)26)6-12(9)27-17)15(23)14-10(19)3-2-4-11(14)20/h2-4,7-8H,5-6,21H2,1H3,(H,22,24)(H,25,26). The van der Waals surface area contributed by atoms with Gasteiger partial charge in [0.15, 0.2) is 0 Å². The fourth-order valence-electron chi connectivity index (χ4n) is 3.00. The van der Waals surface area contributed by atoms with Gasteiger partial charge in [0.05, 0.1) is 23.1 Å². The highest BCUT2D eigenvalue weighted by Gasteiger charge is 2.36. The van der Waals surface area contributed by atoms with Crippen LogP contribution in [0.2, 0.25) is 0 Å². The highest BCUT2D eigenvalue weighted by molar-refractivity contribution is 7.17. The zero-order valence-electron chi connectivity index (χ0n) is 14.2. The molecule has 6 nitrogen and oxygen atoms in total. The van der Waals surface area contributed by atoms with Crippen LogP contribution in [-0.2, 0) is 22.4 Å². The molecule has 0 radical (unpaired) electrons. The minimum Gasteiger partial charge on any atom is -0.481 e. The summed E-state index contributed by atoms with van der Waals surface area (Å²) in [5.41, 5.74) is 5.12. The zero-order chi connectivity index (χ0) is 19.9. The van der Waals surface area contributed by atoms with Gasteiger partial charge < -0.3 is 16.2 Å². The molecule has 2 aromatic rings. The van der Waals surface area contributed by atoms with E-state index in [0.29, 0.717) is 10.4 Å². The lowest BCUT2D eigenvalue weighted by molar-refractivity contribution is -0.141. The summed E-state index contributed by atoms with van der Waals surface area (Å²) >= 11 is 1.03. The fourth-order valence-corrected chi connectivity index (χ4v) is 4.31. The lowest BCUT2D eigenvalue weighted by atomic mass is 9.98. The van der Waals surface area contributed by atoms with Gasteiger partial charge in [-0.2, -0.15) is 0 Å². The number of thiophene rings is 1. The third-order valence-electron chi connectivity index (χ3n) is 4.39. The maximum atomic E-state index is 14.1. The van der Waals surface area contributed by atoms with E-state index in [2.05, 4.69) is 5.32 Å². The highest BCUT2D eigenvalue weighted by atomic mass is 32.1. The molecule has 1 aromatic carbocycles. The second-order valence-electron chi connectivity index (χ2n) is 6.36. The molecule has 1 heterocycles. The summed E-state index contributed by atoms with van der Waals surface area (Å²) in [5.74, 6) is -5.30. The summed E-state index contributed by atoms with van der Waals surface area (Å²) in [6.07, 6.45) is 0.232. The molecule has 1 aliphatic carbocycles. The fraction of sp³-hybridized carbons (Fsp3) is 0.278. The first kappa shape index (κ1) is 19.1. The minimum absolute atomic E-state index is 0.0480. The van der Waals surface area contributed by atoms with E-state index < -0.39 is 46.8 Å². The number of benzene rings is 1. The van der Waals surface area contributed by atoms with Gasteiger partial charge in [-0.25, -0.2) is 8.78 Å². The van der Waals surface area contributed by atoms with Crippen LogP contribution in [0.3, 0.4) is 0 Å². The Labute approximate surface area is 157 Å². The number of nitrogens with two attached hydrogens (primary N) is 1. The molecule has 3 rings (SSSR count). The summed E-state index contributed by atoms with van der Waals surface area (Å²) in [5, 5.41) is 11.9. The number of hydrogen-bond donors (Lipinski definition) is 3. The number of nitrogens with one attached hydrogen (secondary N) is 1. The second kappa shape index (κ2) is 7.16. The van der Waals surface area contributed by atoms with Crippen LogP contribution in [0.4, 0.5) is 13.8 Å². The van der Waals surface area contributed by atoms with Crippen LogP contribution in [0.25, 0.3) is 0 Å². The van der Waals surface area contributed by atoms with Gasteiger partial charge in [0, 0.05) is 4.88 Å². The summed E-state index contributed by atoms with van der Waals surface area (Å²) in [6, 6.07) is 2.20. The number of anilines is 1. The average Bonchev–Trinajstić information content (AvgIpc) is 3.11. The van der Waals surface area contributed by atoms with Crippen molar-refractivity contribution in [3.8, 4) is 0 Å². The van der Waals surface area contributed by atoms with Crippen molar-refractivity contribution in [2.45, 2.75) is 25.8 Å². The maximum Gasteiger partial charge on any atom is 0.307 e. The van der Waals surface area contributed by atoms with Crippen LogP contribution < -0.4 is 11.1 Å². The van der Waals surface area contributed by atoms with Gasteiger partial charge in [-0.1, -0.05) is 6.07 Å². The quantitative estimate of drug-likeness (QED) is 0.675. The van der Waals surface area contributed by atoms with Gasteiger partial charge in [0.25, 0.3) is 0 Å². The van der Waals surface area contributed by atoms with Crippen molar-refractivity contribution in [2.75, 3.05) is 5.32 Å². The van der Waals surface area contributed by atoms with E-state index in [9.17, 15) is 28.3 Å². The molecule has 0 spiro atoms. The van der Waals surface area contributed by atoms with E-state index >= 15 is 0 Å². The molecule has 2 unspecified atom stereocenters. The largest absolute Gasteiger partial charge is 0.481 e. The van der Waals surface area contributed by atoms with Crippen molar-refractivity contribution in [2.24, 2.45) is 11.7 Å². The Kier molecular flexibility index (Phi) is 5.07. The Morgan fingerprint density at radius 1 is 1.22 bits per heavy atom. The van der Waals surface area contributed by atoms with Crippen molar-refractivity contribution in [3.05, 3.63) is 51.4 Å². The first-order chi connectivity index (χ1) is 12.7. The molecule has 0 aliphatic heterocycles. The molecule has 1 aliphatic rings. The van der Waals surface area contributed by atoms with Crippen molar-refractivity contribution >= 4 is 34.0 Å². The number of halogens is 2. The van der Waals surface area contributed by atoms with Crippen LogP contribution in [0.15, 0.2) is 18.2 Å². The summed E-state index contributed by atoms with van der Waals surface area (Å²) in [6.45, 7) is 1.45. The van der Waals surface area contributed by atoms with E-state index in [1.165, 1.54) is 6.92 Å². The van der Waals surface area contributed by atoms with Crippen molar-refractivity contribution in [3.63, 3.8) is 0 Å². The maximum absolute atomic E-state index is 14.1. The number of rotatable bonds is 5. The number of hydrogen-bond acceptors (Lipinski definition) is 5. The predicted molar refractivity (Wildman–Crippen MR) is 94.9 cm³/mol. The first-order valence-electron chi connectivity index (χ1n) is 8.13. The monoisotopic (exact) mass is 394 g/mol. The van der Waals surface area contributed by atoms with Crippen LogP contribution in [0, 0.1) is 17.6 Å². The molecule has 27 heavy (non-hydrogen) atoms. The number of aliphatic carboxylic acids is 1. The van der Waals surface area contributed by atoms with E-state index in [4.69, 9.17) is 5.73 Å². The second-order valence-corrected chi connectivity index (χ2v) is 7.46. The van der Waals surface area contributed by atoms with E-state index in [1.807, 2.05) is 0 Å². The normalized spacial score (nSPS) is 16.7. The summed E-state index contributed by atoms with van der Waals surface area (Å²) in [7, 11) is 0. The number of carbonyl (C=O) groups is 3. The van der Waals surface area contributed by atoms with Crippen LogP contribution in [-0.4, -0.2) is 28.8 Å². The number of amides is 1. The molecule has 0 saturated heterocycles. The molecule has 0 fully saturated rings. The zero-order valence-corrected chi connectivity index (χ0v) is 15.0. The number of ketones is 1. The van der Waals surface area contributed by atoms with Gasteiger partial charge in [0.1, 0.15) is 16.6 Å². The van der Waals surface area contributed by atoms with Gasteiger partial charge in [-0.05, 0) is 37.5 Å². The first-order valence-corrected chi connectivity index (χ1v) is 8.94. The minimum atomic E-state index is -1.03. The summed E-state index contributed by atoms with van der Waals surface area (Å²) < 4.78 is 28.2. The lowest BCUT2D eigenvalue weighted by Gasteiger charge is -2.11. The molecule has 4 N–H and O–H groups in total. The van der Waals surface area contributed by atoms with E-state index in [0.717, 1.165) is 29.5 Å². The molecular weight excluding hydrogens is 378 g/mol. The molecule has 0 saturated carbocycles. The molecule has 2 atom stereocenters. The SMILES string of the molecule is CC(N)C(=O)Nc1sc2c(c1C(=O)c1c(F)cccc1F)CC(C(=O)O)C2. The molecule has 9 heteroatoms. The topological polar surface area (TPSA) is 109 Å². The summed E-state index contributed by atoms with van der Waals surface area (Å²) in [4.78, 5) is 36.8. The number of fused-ring (bicyclic) bond motifs is 1. The van der Waals surface area contributed by atoms with Crippen LogP contribution in [0.1, 0.15) is 33.3 Å². The van der Waals surface area contributed by atoms with E-state index in [-0.39, 0.29) is 23.4 Å². The van der Waals surface area contributed by atoms with Crippen LogP contribution in [0.5, 0.6) is 0 Å². The predicted octanol–water partition coefficient (Wildman–Crippen LogP) is 2.34. The van der Waals surface area contributed by atoms with Crippen LogP contribution >= 0.6 is 11.3 Å². The Hall–Kier alpha value is -2.65. The third-order valence-corrected chi connectivity index (χ3v) is 5.56. The number of carboxylic acid groups (broad SMARTS) is 1. The average molecular weight is 394 g/mol. The Balaban J connectivity index is 2.11. The van der Waals surface area contributed by atoms with Gasteiger partial charge in [-0.15, -0.1) is 11.3 Å². The van der Waals surface area contributed by atoms with Crippen molar-refractivity contribution in [1.29, 1.82) is 0 Å². The lowest BCUT2D eigenvalue weighted by Crippen LogP contribution is -2.32. The Morgan fingerprint density at radius 2 is 1.85 bits per heavy atom. The van der Waals surface area contributed by atoms with Crippen molar-refractivity contribution in [1.82, 2.24) is 0 Å². The molecule has 0 bridgehead atoms. The molecule has 1 aromatic heterocycles. The third kappa shape index (κ3) is 3.47. The van der Waals surface area contributed by atoms with E-state index in [1.54, 1.807) is 0 Å². The van der Waals surface area contributed by atoms with Gasteiger partial charge in [-0.3, -0.25) is 14.4 Å². The molecular formula is C18H16F2N2O4S. The van der Waals surface area contributed by atoms with Gasteiger partial charge in [0.2, 0.25) is 11.7 Å². The smallest absolute Gasteiger partial charge is 0.307 e. The number of carbonyl (C=O) groups excluding carboxylic acids is 2.